The van der Waals surface area contributed by atoms with Crippen molar-refractivity contribution in [2.75, 3.05) is 46.5 Å². The molecular weight excluding hydrogens is 494 g/mol. The number of carbonyl (C=O) groups is 1. The average Bonchev–Trinajstić information content (AvgIpc) is 2.96. The van der Waals surface area contributed by atoms with Crippen molar-refractivity contribution in [1.29, 1.82) is 0 Å². The number of nitrogens with zero attached hydrogens (tertiary/aromatic N) is 3. The summed E-state index contributed by atoms with van der Waals surface area (Å²) in [7, 11) is -2.19. The summed E-state index contributed by atoms with van der Waals surface area (Å²) >= 11 is 0. The molecule has 37 heavy (non-hydrogen) atoms. The maximum Gasteiger partial charge on any atom is 0.253 e. The third-order valence-electron chi connectivity index (χ3n) is 6.11. The molecule has 3 heterocycles. The van der Waals surface area contributed by atoms with E-state index in [9.17, 15) is 13.2 Å². The lowest BCUT2D eigenvalue weighted by molar-refractivity contribution is 0.0698. The summed E-state index contributed by atoms with van der Waals surface area (Å²) in [6.45, 7) is 1.71. The molecule has 2 aliphatic heterocycles. The summed E-state index contributed by atoms with van der Waals surface area (Å²) in [4.78, 5) is 19.2. The van der Waals surface area contributed by atoms with Crippen LogP contribution in [0.3, 0.4) is 0 Å². The highest BCUT2D eigenvalue weighted by molar-refractivity contribution is 7.89. The number of aromatic nitrogens is 1. The van der Waals surface area contributed by atoms with Crippen LogP contribution < -0.4 is 14.2 Å². The summed E-state index contributed by atoms with van der Waals surface area (Å²) in [6.07, 6.45) is 1.66. The molecule has 0 spiro atoms. The van der Waals surface area contributed by atoms with Crippen molar-refractivity contribution in [2.45, 2.75) is 4.90 Å². The van der Waals surface area contributed by atoms with Gasteiger partial charge in [-0.15, -0.1) is 0 Å². The molecule has 0 saturated carbocycles. The highest BCUT2D eigenvalue weighted by Crippen LogP contribution is 2.33. The number of hydrogen-bond donors (Lipinski definition) is 0. The fraction of sp³-hybridized carbons (Fsp3) is 0.259. The molecule has 9 nitrogen and oxygen atoms in total. The first-order chi connectivity index (χ1) is 18.0. The summed E-state index contributed by atoms with van der Waals surface area (Å²) in [5, 5.41) is 0. The Morgan fingerprint density at radius 2 is 1.73 bits per heavy atom. The van der Waals surface area contributed by atoms with E-state index >= 15 is 0 Å². The molecule has 0 radical (unpaired) electrons. The number of sulfonamides is 1. The minimum absolute atomic E-state index is 0.141. The Hall–Kier alpha value is -4.07. The summed E-state index contributed by atoms with van der Waals surface area (Å²) in [6, 6.07) is 15.2. The van der Waals surface area contributed by atoms with Crippen LogP contribution in [-0.2, 0) is 10.0 Å². The monoisotopic (exact) mass is 519 g/mol. The summed E-state index contributed by atoms with van der Waals surface area (Å²) in [5.41, 5.74) is 1.63. The number of methoxy groups -OCH3 is 1. The number of piperazine rings is 1. The Balaban J connectivity index is 1.28. The highest BCUT2D eigenvalue weighted by Gasteiger charge is 2.31. The number of ether oxygens (including phenoxy) is 3. The van der Waals surface area contributed by atoms with E-state index < -0.39 is 10.0 Å². The van der Waals surface area contributed by atoms with Crippen LogP contribution in [-0.4, -0.2) is 75.0 Å². The fourth-order valence-corrected chi connectivity index (χ4v) is 5.59. The van der Waals surface area contributed by atoms with E-state index in [4.69, 9.17) is 14.2 Å². The lowest BCUT2D eigenvalue weighted by Crippen LogP contribution is -2.50. The molecule has 10 heteroatoms. The van der Waals surface area contributed by atoms with Gasteiger partial charge >= 0.3 is 0 Å². The predicted octanol–water partition coefficient (Wildman–Crippen LogP) is 2.41. The molecule has 3 aromatic rings. The number of carbonyl (C=O) groups excluding carboxylic acids is 1. The molecule has 2 aromatic carbocycles. The van der Waals surface area contributed by atoms with E-state index in [1.807, 2.05) is 12.1 Å². The zero-order valence-corrected chi connectivity index (χ0v) is 21.0. The quantitative estimate of drug-likeness (QED) is 0.488. The van der Waals surface area contributed by atoms with Crippen molar-refractivity contribution in [3.63, 3.8) is 0 Å². The Morgan fingerprint density at radius 1 is 0.946 bits per heavy atom. The first-order valence-electron chi connectivity index (χ1n) is 11.8. The zero-order chi connectivity index (χ0) is 25.8. The number of hydrogen-bond acceptors (Lipinski definition) is 7. The summed E-state index contributed by atoms with van der Waals surface area (Å²) < 4.78 is 44.2. The third-order valence-corrected chi connectivity index (χ3v) is 8.01. The number of fused-ring (bicyclic) bond motifs is 1. The van der Waals surface area contributed by atoms with Gasteiger partial charge in [0.05, 0.1) is 17.6 Å². The van der Waals surface area contributed by atoms with Gasteiger partial charge in [-0.25, -0.2) is 13.4 Å². The normalized spacial score (nSPS) is 15.4. The van der Waals surface area contributed by atoms with Crippen molar-refractivity contribution in [3.8, 4) is 29.1 Å². The fourth-order valence-electron chi connectivity index (χ4n) is 4.15. The van der Waals surface area contributed by atoms with Gasteiger partial charge in [0.1, 0.15) is 24.7 Å². The molecule has 1 saturated heterocycles. The lowest BCUT2D eigenvalue weighted by atomic mass is 10.1. The van der Waals surface area contributed by atoms with Gasteiger partial charge in [0.15, 0.2) is 11.5 Å². The average molecular weight is 520 g/mol. The van der Waals surface area contributed by atoms with Crippen LogP contribution in [0.4, 0.5) is 0 Å². The molecule has 0 bridgehead atoms. The molecule has 5 rings (SSSR count). The van der Waals surface area contributed by atoms with Crippen LogP contribution >= 0.6 is 0 Å². The second-order valence-corrected chi connectivity index (χ2v) is 10.3. The molecule has 1 amide bonds. The van der Waals surface area contributed by atoms with Crippen LogP contribution in [0.2, 0.25) is 0 Å². The van der Waals surface area contributed by atoms with E-state index in [2.05, 4.69) is 16.8 Å². The number of rotatable bonds is 4. The third kappa shape index (κ3) is 5.23. The van der Waals surface area contributed by atoms with Crippen molar-refractivity contribution in [3.05, 3.63) is 77.6 Å². The predicted molar refractivity (Wildman–Crippen MR) is 135 cm³/mol. The number of pyridine rings is 1. The van der Waals surface area contributed by atoms with Crippen LogP contribution in [0.1, 0.15) is 21.6 Å². The minimum atomic E-state index is -3.74. The van der Waals surface area contributed by atoms with E-state index in [0.29, 0.717) is 47.3 Å². The molecule has 1 fully saturated rings. The van der Waals surface area contributed by atoms with Crippen LogP contribution in [0.15, 0.2) is 65.7 Å². The summed E-state index contributed by atoms with van der Waals surface area (Å²) in [5.74, 6) is 7.32. The second-order valence-electron chi connectivity index (χ2n) is 8.38. The SMILES string of the molecule is COc1ccc(C(=O)N2CCN(S(=O)(=O)c3ccc4c(c3)OCCO4)CC2)cc1C#Cc1ccccn1. The second kappa shape index (κ2) is 10.5. The number of amides is 1. The van der Waals surface area contributed by atoms with Gasteiger partial charge < -0.3 is 19.1 Å². The van der Waals surface area contributed by atoms with E-state index in [-0.39, 0.29) is 37.0 Å². The van der Waals surface area contributed by atoms with Gasteiger partial charge in [0, 0.05) is 44.0 Å². The molecule has 0 N–H and O–H groups in total. The standard InChI is InChI=1S/C27H25N3O6S/c1-34-24-9-6-21(18-20(24)5-7-22-4-2-3-11-28-22)27(31)29-12-14-30(15-13-29)37(32,33)23-8-10-25-26(19-23)36-17-16-35-25/h2-4,6,8-11,18-19H,12-17H2,1H3. The Bertz CT molecular complexity index is 1470. The van der Waals surface area contributed by atoms with E-state index in [1.54, 1.807) is 48.5 Å². The first kappa shape index (κ1) is 24.6. The van der Waals surface area contributed by atoms with Gasteiger partial charge in [0.2, 0.25) is 10.0 Å². The van der Waals surface area contributed by atoms with Crippen LogP contribution in [0.25, 0.3) is 0 Å². The maximum absolute atomic E-state index is 13.2. The first-order valence-corrected chi connectivity index (χ1v) is 13.2. The van der Waals surface area contributed by atoms with Crippen molar-refractivity contribution < 1.29 is 27.4 Å². The van der Waals surface area contributed by atoms with Crippen molar-refractivity contribution in [1.82, 2.24) is 14.2 Å². The molecular formula is C27H25N3O6S. The van der Waals surface area contributed by atoms with Gasteiger partial charge in [-0.2, -0.15) is 4.31 Å². The molecule has 0 aliphatic carbocycles. The number of benzene rings is 2. The molecule has 2 aliphatic rings. The topological polar surface area (TPSA) is 98.3 Å². The highest BCUT2D eigenvalue weighted by atomic mass is 32.2. The Kier molecular flexibility index (Phi) is 6.99. The largest absolute Gasteiger partial charge is 0.495 e. The van der Waals surface area contributed by atoms with Crippen LogP contribution in [0.5, 0.6) is 17.2 Å². The Labute approximate surface area is 215 Å². The molecule has 0 unspecified atom stereocenters. The lowest BCUT2D eigenvalue weighted by Gasteiger charge is -2.34. The zero-order valence-electron chi connectivity index (χ0n) is 20.2. The van der Waals surface area contributed by atoms with E-state index in [1.165, 1.54) is 16.4 Å². The Morgan fingerprint density at radius 3 is 2.46 bits per heavy atom. The molecule has 0 atom stereocenters. The van der Waals surface area contributed by atoms with Gasteiger partial charge in [-0.1, -0.05) is 12.0 Å². The smallest absolute Gasteiger partial charge is 0.253 e. The van der Waals surface area contributed by atoms with Crippen LogP contribution in [0, 0.1) is 11.8 Å². The van der Waals surface area contributed by atoms with Gasteiger partial charge in [-0.3, -0.25) is 4.79 Å². The van der Waals surface area contributed by atoms with Gasteiger partial charge in [-0.05, 0) is 48.4 Å². The van der Waals surface area contributed by atoms with Crippen molar-refractivity contribution in [2.24, 2.45) is 0 Å². The van der Waals surface area contributed by atoms with E-state index in [0.717, 1.165) is 0 Å². The van der Waals surface area contributed by atoms with Crippen molar-refractivity contribution >= 4 is 15.9 Å². The molecule has 190 valence electrons. The van der Waals surface area contributed by atoms with Gasteiger partial charge in [0.25, 0.3) is 5.91 Å². The molecule has 1 aromatic heterocycles. The maximum atomic E-state index is 13.2. The minimum Gasteiger partial charge on any atom is -0.495 e.